The number of methoxy groups -OCH3 is 1. The Morgan fingerprint density at radius 3 is 2.53 bits per heavy atom. The van der Waals surface area contributed by atoms with Gasteiger partial charge >= 0.3 is 0 Å². The number of phenols is 1. The average molecular weight is 286 g/mol. The Labute approximate surface area is 120 Å². The number of hydrogen-bond acceptors (Lipinski definition) is 3. The zero-order valence-corrected chi connectivity index (χ0v) is 12.9. The molecule has 1 aromatic carbocycles. The molecule has 1 atom stereocenters. The summed E-state index contributed by atoms with van der Waals surface area (Å²) in [5, 5.41) is 14.0. The van der Waals surface area contributed by atoms with Crippen LogP contribution in [0.25, 0.3) is 0 Å². The third kappa shape index (κ3) is 5.29. The van der Waals surface area contributed by atoms with Gasteiger partial charge in [0, 0.05) is 29.2 Å². The van der Waals surface area contributed by atoms with Gasteiger partial charge in [-0.25, -0.2) is 0 Å². The first-order valence-electron chi connectivity index (χ1n) is 6.72. The lowest BCUT2D eigenvalue weighted by atomic mass is 10.0. The number of aromatic hydroxyl groups is 1. The van der Waals surface area contributed by atoms with Gasteiger partial charge in [-0.3, -0.25) is 0 Å². The molecule has 19 heavy (non-hydrogen) atoms. The van der Waals surface area contributed by atoms with E-state index in [1.807, 2.05) is 0 Å². The van der Waals surface area contributed by atoms with E-state index >= 15 is 0 Å². The average Bonchev–Trinajstić information content (AvgIpc) is 2.36. The Bertz CT molecular complexity index is 407. The third-order valence-corrected chi connectivity index (χ3v) is 3.37. The molecule has 0 heterocycles. The number of rotatable bonds is 7. The van der Waals surface area contributed by atoms with Crippen LogP contribution in [0.5, 0.6) is 11.5 Å². The Balaban J connectivity index is 2.60. The number of hydrogen-bond donors (Lipinski definition) is 2. The van der Waals surface area contributed by atoms with E-state index in [1.54, 1.807) is 12.1 Å². The van der Waals surface area contributed by atoms with Gasteiger partial charge < -0.3 is 15.2 Å². The minimum Gasteiger partial charge on any atom is -0.504 e. The molecule has 2 N–H and O–H groups in total. The predicted molar refractivity (Wildman–Crippen MR) is 80.0 cm³/mol. The Kier molecular flexibility index (Phi) is 6.46. The van der Waals surface area contributed by atoms with Crippen molar-refractivity contribution in [1.82, 2.24) is 5.32 Å². The molecule has 0 saturated heterocycles. The molecule has 0 amide bonds. The highest BCUT2D eigenvalue weighted by molar-refractivity contribution is 6.30. The molecule has 0 aliphatic carbocycles. The molecule has 0 aliphatic rings. The second-order valence-corrected chi connectivity index (χ2v) is 5.81. The van der Waals surface area contributed by atoms with Crippen LogP contribution in [-0.2, 0) is 6.54 Å². The zero-order chi connectivity index (χ0) is 14.4. The summed E-state index contributed by atoms with van der Waals surface area (Å²) < 4.78 is 5.09. The summed E-state index contributed by atoms with van der Waals surface area (Å²) in [4.78, 5) is 0. The maximum atomic E-state index is 10.0. The highest BCUT2D eigenvalue weighted by Crippen LogP contribution is 2.33. The minimum absolute atomic E-state index is 0.162. The van der Waals surface area contributed by atoms with Gasteiger partial charge in [-0.2, -0.15) is 0 Å². The number of nitrogens with one attached hydrogen (secondary N) is 1. The smallest absolute Gasteiger partial charge is 0.162 e. The van der Waals surface area contributed by atoms with Gasteiger partial charge in [-0.1, -0.05) is 25.4 Å². The second kappa shape index (κ2) is 7.61. The molecule has 1 unspecified atom stereocenters. The van der Waals surface area contributed by atoms with Crippen molar-refractivity contribution in [1.29, 1.82) is 0 Å². The molecule has 0 aromatic heterocycles. The molecule has 0 aliphatic heterocycles. The summed E-state index contributed by atoms with van der Waals surface area (Å²) in [6.07, 6.45) is 2.31. The lowest BCUT2D eigenvalue weighted by molar-refractivity contribution is 0.368. The summed E-state index contributed by atoms with van der Waals surface area (Å²) in [5.41, 5.74) is 0.765. The molecule has 0 fully saturated rings. The van der Waals surface area contributed by atoms with Crippen LogP contribution in [0.15, 0.2) is 12.1 Å². The highest BCUT2D eigenvalue weighted by atomic mass is 35.5. The minimum atomic E-state index is 0.162. The van der Waals surface area contributed by atoms with Gasteiger partial charge in [-0.05, 0) is 31.7 Å². The lowest BCUT2D eigenvalue weighted by Gasteiger charge is -2.16. The molecule has 4 heteroatoms. The largest absolute Gasteiger partial charge is 0.504 e. The van der Waals surface area contributed by atoms with Crippen LogP contribution < -0.4 is 10.1 Å². The van der Waals surface area contributed by atoms with Crippen molar-refractivity contribution in [2.24, 2.45) is 5.92 Å². The van der Waals surface area contributed by atoms with Crippen molar-refractivity contribution in [2.75, 3.05) is 7.11 Å². The monoisotopic (exact) mass is 285 g/mol. The fraction of sp³-hybridized carbons (Fsp3) is 0.600. The third-order valence-electron chi connectivity index (χ3n) is 3.16. The lowest BCUT2D eigenvalue weighted by Crippen LogP contribution is -2.25. The van der Waals surface area contributed by atoms with Gasteiger partial charge in [0.2, 0.25) is 0 Å². The van der Waals surface area contributed by atoms with E-state index in [2.05, 4.69) is 26.1 Å². The van der Waals surface area contributed by atoms with E-state index in [0.717, 1.165) is 12.0 Å². The van der Waals surface area contributed by atoms with Crippen molar-refractivity contribution >= 4 is 11.6 Å². The molecule has 0 bridgehead atoms. The number of benzene rings is 1. The molecule has 1 rings (SSSR count). The van der Waals surface area contributed by atoms with Crippen LogP contribution in [0.1, 0.15) is 39.2 Å². The zero-order valence-electron chi connectivity index (χ0n) is 12.2. The molecule has 108 valence electrons. The van der Waals surface area contributed by atoms with Gasteiger partial charge in [-0.15, -0.1) is 0 Å². The Morgan fingerprint density at radius 2 is 1.95 bits per heavy atom. The van der Waals surface area contributed by atoms with Crippen molar-refractivity contribution < 1.29 is 9.84 Å². The molecule has 0 spiro atoms. The van der Waals surface area contributed by atoms with Crippen molar-refractivity contribution in [3.63, 3.8) is 0 Å². The molecule has 0 radical (unpaired) electrons. The van der Waals surface area contributed by atoms with Gasteiger partial charge in [0.05, 0.1) is 7.11 Å². The molecular weight excluding hydrogens is 262 g/mol. The van der Waals surface area contributed by atoms with Gasteiger partial charge in [0.1, 0.15) is 0 Å². The highest BCUT2D eigenvalue weighted by Gasteiger charge is 2.11. The quantitative estimate of drug-likeness (QED) is 0.796. The summed E-state index contributed by atoms with van der Waals surface area (Å²) >= 11 is 6.00. The normalized spacial score (nSPS) is 12.7. The maximum absolute atomic E-state index is 10.0. The summed E-state index contributed by atoms with van der Waals surface area (Å²) in [7, 11) is 1.52. The van der Waals surface area contributed by atoms with E-state index in [0.29, 0.717) is 29.3 Å². The number of ether oxygens (including phenoxy) is 1. The Morgan fingerprint density at radius 1 is 1.26 bits per heavy atom. The molecular formula is C15H24ClNO2. The first-order chi connectivity index (χ1) is 8.93. The predicted octanol–water partition coefficient (Wildman–Crippen LogP) is 3.97. The van der Waals surface area contributed by atoms with Crippen LogP contribution in [0.2, 0.25) is 5.02 Å². The molecule has 0 saturated carbocycles. The topological polar surface area (TPSA) is 41.5 Å². The van der Waals surface area contributed by atoms with Crippen LogP contribution in [0, 0.1) is 5.92 Å². The van der Waals surface area contributed by atoms with Crippen molar-refractivity contribution in [3.8, 4) is 11.5 Å². The number of phenolic OH excluding ortho intramolecular Hbond substituents is 1. The standard InChI is InChI=1S/C15H24ClNO2/c1-10(2)5-6-11(3)17-9-12-7-13(16)8-14(19-4)15(12)18/h7-8,10-11,17-18H,5-6,9H2,1-4H3. The van der Waals surface area contributed by atoms with Crippen LogP contribution in [0.4, 0.5) is 0 Å². The van der Waals surface area contributed by atoms with E-state index in [4.69, 9.17) is 16.3 Å². The summed E-state index contributed by atoms with van der Waals surface area (Å²) in [6.45, 7) is 7.18. The van der Waals surface area contributed by atoms with Gasteiger partial charge in [0.15, 0.2) is 11.5 Å². The van der Waals surface area contributed by atoms with Crippen molar-refractivity contribution in [3.05, 3.63) is 22.7 Å². The van der Waals surface area contributed by atoms with E-state index in [9.17, 15) is 5.11 Å². The van der Waals surface area contributed by atoms with Crippen LogP contribution >= 0.6 is 11.6 Å². The molecule has 1 aromatic rings. The van der Waals surface area contributed by atoms with E-state index in [1.165, 1.54) is 13.5 Å². The second-order valence-electron chi connectivity index (χ2n) is 5.37. The van der Waals surface area contributed by atoms with Crippen molar-refractivity contribution in [2.45, 2.75) is 46.2 Å². The maximum Gasteiger partial charge on any atom is 0.162 e. The fourth-order valence-corrected chi connectivity index (χ4v) is 2.12. The fourth-order valence-electron chi connectivity index (χ4n) is 1.89. The Hall–Kier alpha value is -0.930. The first kappa shape index (κ1) is 16.1. The summed E-state index contributed by atoms with van der Waals surface area (Å²) in [6, 6.07) is 3.79. The SMILES string of the molecule is COc1cc(Cl)cc(CNC(C)CCC(C)C)c1O. The number of halogens is 1. The van der Waals surface area contributed by atoms with E-state index in [-0.39, 0.29) is 5.75 Å². The van der Waals surface area contributed by atoms with Crippen LogP contribution in [0.3, 0.4) is 0 Å². The van der Waals surface area contributed by atoms with Gasteiger partial charge in [0.25, 0.3) is 0 Å². The van der Waals surface area contributed by atoms with Crippen LogP contribution in [-0.4, -0.2) is 18.3 Å². The first-order valence-corrected chi connectivity index (χ1v) is 7.10. The molecule has 3 nitrogen and oxygen atoms in total. The summed E-state index contributed by atoms with van der Waals surface area (Å²) in [5.74, 6) is 1.29. The van der Waals surface area contributed by atoms with E-state index < -0.39 is 0 Å².